The van der Waals surface area contributed by atoms with Crippen molar-refractivity contribution in [2.75, 3.05) is 0 Å². The Hall–Kier alpha value is -1.93. The Morgan fingerprint density at radius 3 is 3.00 bits per heavy atom. The fourth-order valence-electron chi connectivity index (χ4n) is 1.45. The number of pyridine rings is 2. The molecule has 1 atom stereocenters. The fourth-order valence-corrected chi connectivity index (χ4v) is 1.83. The Balaban J connectivity index is 2.51. The van der Waals surface area contributed by atoms with Crippen molar-refractivity contribution >= 4 is 29.0 Å². The fraction of sp³-hybridized carbons (Fsp3) is 0.167. The van der Waals surface area contributed by atoms with E-state index >= 15 is 0 Å². The smallest absolute Gasteiger partial charge is 0.140 e. The van der Waals surface area contributed by atoms with Crippen LogP contribution < -0.4 is 0 Å². The minimum absolute atomic E-state index is 0.0287. The molecule has 0 saturated carbocycles. The van der Waals surface area contributed by atoms with E-state index in [9.17, 15) is 0 Å². The number of thiocyanates is 1. The molecule has 0 fully saturated rings. The summed E-state index contributed by atoms with van der Waals surface area (Å²) in [5.74, 6) is 0.0287. The number of thioether (sulfide) groups is 1. The Bertz CT molecular complexity index is 603. The number of rotatable bonds is 3. The first-order chi connectivity index (χ1) is 8.24. The molecule has 0 spiro atoms. The highest BCUT2D eigenvalue weighted by Gasteiger charge is 2.05. The molecule has 2 aromatic rings. The molecule has 0 radical (unpaired) electrons. The van der Waals surface area contributed by atoms with Crippen LogP contribution >= 0.6 is 11.8 Å². The highest BCUT2D eigenvalue weighted by Crippen LogP contribution is 2.20. The molecule has 0 aliphatic heterocycles. The highest BCUT2D eigenvalue weighted by atomic mass is 32.2. The van der Waals surface area contributed by atoms with E-state index in [-0.39, 0.29) is 5.92 Å². The zero-order valence-electron chi connectivity index (χ0n) is 9.21. The van der Waals surface area contributed by atoms with Crippen LogP contribution in [0.3, 0.4) is 0 Å². The van der Waals surface area contributed by atoms with Gasteiger partial charge in [0.2, 0.25) is 0 Å². The van der Waals surface area contributed by atoms with E-state index in [2.05, 4.69) is 9.97 Å². The molecule has 0 aliphatic carbocycles. The predicted octanol–water partition coefficient (Wildman–Crippen LogP) is 2.96. The van der Waals surface area contributed by atoms with Crippen LogP contribution in [0.15, 0.2) is 29.4 Å². The van der Waals surface area contributed by atoms with E-state index in [1.807, 2.05) is 24.5 Å². The van der Waals surface area contributed by atoms with E-state index in [1.165, 1.54) is 6.21 Å². The first kappa shape index (κ1) is 11.6. The molecule has 0 bridgehead atoms. The lowest BCUT2D eigenvalue weighted by atomic mass is 10.0. The zero-order chi connectivity index (χ0) is 12.3. The Morgan fingerprint density at radius 1 is 1.47 bits per heavy atom. The van der Waals surface area contributed by atoms with Crippen molar-refractivity contribution in [2.24, 2.45) is 0 Å². The molecule has 0 aromatic carbocycles. The van der Waals surface area contributed by atoms with E-state index in [0.717, 1.165) is 28.4 Å². The van der Waals surface area contributed by atoms with Gasteiger partial charge >= 0.3 is 0 Å². The van der Waals surface area contributed by atoms with Crippen LogP contribution in [-0.4, -0.2) is 16.2 Å². The molecule has 0 aliphatic rings. The summed E-state index contributed by atoms with van der Waals surface area (Å²) in [7, 11) is 0. The summed E-state index contributed by atoms with van der Waals surface area (Å²) < 4.78 is 0. The predicted molar refractivity (Wildman–Crippen MR) is 68.2 cm³/mol. The molecule has 84 valence electrons. The first-order valence-corrected chi connectivity index (χ1v) is 5.89. The molecule has 0 amide bonds. The summed E-state index contributed by atoms with van der Waals surface area (Å²) >= 11 is 1.03. The van der Waals surface area contributed by atoms with Crippen molar-refractivity contribution in [3.05, 3.63) is 30.0 Å². The summed E-state index contributed by atoms with van der Waals surface area (Å²) in [6, 6.07) is 5.54. The Morgan fingerprint density at radius 2 is 2.29 bits per heavy atom. The molecule has 1 unspecified atom stereocenters. The molecule has 2 aromatic heterocycles. The second-order valence-corrected chi connectivity index (χ2v) is 4.41. The lowest BCUT2D eigenvalue weighted by Gasteiger charge is -2.06. The lowest BCUT2D eigenvalue weighted by Crippen LogP contribution is -1.96. The number of hydrogen-bond acceptors (Lipinski definition) is 5. The van der Waals surface area contributed by atoms with Gasteiger partial charge in [0.1, 0.15) is 10.4 Å². The van der Waals surface area contributed by atoms with Gasteiger partial charge in [-0.15, -0.1) is 0 Å². The van der Waals surface area contributed by atoms with Crippen molar-refractivity contribution in [1.29, 1.82) is 10.7 Å². The molecule has 1 N–H and O–H groups in total. The maximum absolute atomic E-state index is 8.60. The second kappa shape index (κ2) is 4.93. The number of hydrogen-bond donors (Lipinski definition) is 1. The van der Waals surface area contributed by atoms with Gasteiger partial charge < -0.3 is 5.41 Å². The maximum atomic E-state index is 8.60. The van der Waals surface area contributed by atoms with Gasteiger partial charge in [-0.1, -0.05) is 6.92 Å². The van der Waals surface area contributed by atoms with E-state index in [1.54, 1.807) is 12.3 Å². The van der Waals surface area contributed by atoms with Gasteiger partial charge in [-0.25, -0.2) is 4.98 Å². The van der Waals surface area contributed by atoms with Crippen molar-refractivity contribution in [3.63, 3.8) is 0 Å². The molecule has 2 rings (SSSR count). The first-order valence-electron chi connectivity index (χ1n) is 5.08. The third-order valence-corrected chi connectivity index (χ3v) is 2.99. The van der Waals surface area contributed by atoms with E-state index in [4.69, 9.17) is 10.7 Å². The van der Waals surface area contributed by atoms with E-state index in [0.29, 0.717) is 5.03 Å². The minimum atomic E-state index is 0.0287. The lowest BCUT2D eigenvalue weighted by molar-refractivity contribution is 1.02. The van der Waals surface area contributed by atoms with Gasteiger partial charge in [0.25, 0.3) is 0 Å². The molecular formula is C12H10N4S. The number of nitrogens with zero attached hydrogens (tertiary/aromatic N) is 3. The van der Waals surface area contributed by atoms with Gasteiger partial charge in [-0.05, 0) is 23.8 Å². The molecule has 2 heterocycles. The third-order valence-electron chi connectivity index (χ3n) is 2.46. The molecule has 17 heavy (non-hydrogen) atoms. The van der Waals surface area contributed by atoms with Gasteiger partial charge in [0, 0.05) is 30.1 Å². The van der Waals surface area contributed by atoms with Crippen LogP contribution in [-0.2, 0) is 0 Å². The summed E-state index contributed by atoms with van der Waals surface area (Å²) in [5, 5.41) is 18.5. The van der Waals surface area contributed by atoms with Crippen molar-refractivity contribution < 1.29 is 0 Å². The normalized spacial score (nSPS) is 12.0. The summed E-state index contributed by atoms with van der Waals surface area (Å²) in [6.07, 6.45) is 3.13. The highest BCUT2D eigenvalue weighted by molar-refractivity contribution is 8.03. The summed E-state index contributed by atoms with van der Waals surface area (Å²) in [6.45, 7) is 1.93. The largest absolute Gasteiger partial charge is 0.312 e. The van der Waals surface area contributed by atoms with Crippen molar-refractivity contribution in [1.82, 2.24) is 9.97 Å². The van der Waals surface area contributed by atoms with E-state index < -0.39 is 0 Å². The maximum Gasteiger partial charge on any atom is 0.140 e. The molecular weight excluding hydrogens is 232 g/mol. The topological polar surface area (TPSA) is 73.4 Å². The van der Waals surface area contributed by atoms with Crippen LogP contribution in [0.25, 0.3) is 11.0 Å². The van der Waals surface area contributed by atoms with Crippen LogP contribution in [0.1, 0.15) is 18.4 Å². The molecule has 4 nitrogen and oxygen atoms in total. The summed E-state index contributed by atoms with van der Waals surface area (Å²) in [5.41, 5.74) is 2.52. The number of nitriles is 1. The average Bonchev–Trinajstić information content (AvgIpc) is 2.37. The number of nitrogens with one attached hydrogen (secondary N) is 1. The van der Waals surface area contributed by atoms with Gasteiger partial charge in [0.15, 0.2) is 0 Å². The van der Waals surface area contributed by atoms with Crippen LogP contribution in [0.4, 0.5) is 0 Å². The number of fused-ring (bicyclic) bond motifs is 1. The standard InChI is InChI=1S/C12H10N4S/c1-8(5-13)9-4-11-10(15-6-9)2-3-12(16-11)17-7-14/h2-6,8,13H,1H3. The quantitative estimate of drug-likeness (QED) is 0.510. The van der Waals surface area contributed by atoms with Crippen LogP contribution in [0.2, 0.25) is 0 Å². The molecule has 5 heteroatoms. The Labute approximate surface area is 103 Å². The SMILES string of the molecule is CC(C=N)c1cnc2ccc(SC#N)nc2c1. The zero-order valence-corrected chi connectivity index (χ0v) is 10.0. The monoisotopic (exact) mass is 242 g/mol. The van der Waals surface area contributed by atoms with Gasteiger partial charge in [0.05, 0.1) is 11.0 Å². The molecule has 0 saturated heterocycles. The number of aromatic nitrogens is 2. The van der Waals surface area contributed by atoms with Gasteiger partial charge in [-0.3, -0.25) is 4.98 Å². The van der Waals surface area contributed by atoms with Crippen LogP contribution in [0, 0.1) is 16.1 Å². The minimum Gasteiger partial charge on any atom is -0.312 e. The van der Waals surface area contributed by atoms with Crippen LogP contribution in [0.5, 0.6) is 0 Å². The Kier molecular flexibility index (Phi) is 3.35. The van der Waals surface area contributed by atoms with Crippen molar-refractivity contribution in [3.8, 4) is 5.40 Å². The average molecular weight is 242 g/mol. The van der Waals surface area contributed by atoms with Gasteiger partial charge in [-0.2, -0.15) is 5.26 Å². The summed E-state index contributed by atoms with van der Waals surface area (Å²) in [4.78, 5) is 8.64. The van der Waals surface area contributed by atoms with Crippen molar-refractivity contribution in [2.45, 2.75) is 17.9 Å². The second-order valence-electron chi connectivity index (χ2n) is 3.61. The third kappa shape index (κ3) is 2.43.